The molecule has 0 aliphatic rings. The Balaban J connectivity index is 1.60. The Hall–Kier alpha value is -2.47. The summed E-state index contributed by atoms with van der Waals surface area (Å²) in [6.07, 6.45) is 0. The minimum atomic E-state index is -0.596. The lowest BCUT2D eigenvalue weighted by Crippen LogP contribution is -2.46. The summed E-state index contributed by atoms with van der Waals surface area (Å²) in [6.45, 7) is 4.31. The Morgan fingerprint density at radius 2 is 1.73 bits per heavy atom. The van der Waals surface area contributed by atoms with Crippen LogP contribution in [0.25, 0.3) is 0 Å². The van der Waals surface area contributed by atoms with Gasteiger partial charge in [0.1, 0.15) is 6.04 Å². The van der Waals surface area contributed by atoms with E-state index in [1.165, 1.54) is 11.1 Å². The van der Waals surface area contributed by atoms with Crippen molar-refractivity contribution in [3.63, 3.8) is 0 Å². The largest absolute Gasteiger partial charge is 0.353 e. The topological polar surface area (TPSA) is 70.2 Å². The van der Waals surface area contributed by atoms with Crippen molar-refractivity contribution >= 4 is 29.4 Å². The number of rotatable bonds is 8. The standard InChI is InChI=1S/C20H25N3O2S/c1-15-8-10-17(11-9-15)14-26-13-12-21-19(24)16(2)22-20(25)23-18-6-4-3-5-7-18/h3-11,16H,12-14H2,1-2H3,(H,21,24)(H2,22,23,25)/t16-/m0/s1. The van der Waals surface area contributed by atoms with Crippen LogP contribution in [0.1, 0.15) is 18.1 Å². The first-order chi connectivity index (χ1) is 12.5. The van der Waals surface area contributed by atoms with E-state index < -0.39 is 12.1 Å². The SMILES string of the molecule is Cc1ccc(CSCCNC(=O)[C@H](C)NC(=O)Nc2ccccc2)cc1. The molecule has 2 aromatic carbocycles. The Bertz CT molecular complexity index is 705. The molecule has 0 aliphatic heterocycles. The first kappa shape index (κ1) is 19.8. The number of urea groups is 1. The summed E-state index contributed by atoms with van der Waals surface area (Å²) in [5.74, 6) is 1.55. The van der Waals surface area contributed by atoms with E-state index >= 15 is 0 Å². The highest BCUT2D eigenvalue weighted by molar-refractivity contribution is 7.98. The number of anilines is 1. The number of aryl methyl sites for hydroxylation is 1. The fourth-order valence-electron chi connectivity index (χ4n) is 2.22. The van der Waals surface area contributed by atoms with Crippen LogP contribution in [0, 0.1) is 6.92 Å². The van der Waals surface area contributed by atoms with Crippen LogP contribution in [0.3, 0.4) is 0 Å². The molecule has 3 amide bonds. The maximum Gasteiger partial charge on any atom is 0.319 e. The van der Waals surface area contributed by atoms with Gasteiger partial charge in [-0.25, -0.2) is 4.79 Å². The molecular formula is C20H25N3O2S. The van der Waals surface area contributed by atoms with Gasteiger partial charge in [-0.2, -0.15) is 11.8 Å². The minimum Gasteiger partial charge on any atom is -0.353 e. The van der Waals surface area contributed by atoms with Crippen molar-refractivity contribution in [1.29, 1.82) is 0 Å². The predicted molar refractivity (Wildman–Crippen MR) is 108 cm³/mol. The summed E-state index contributed by atoms with van der Waals surface area (Å²) in [5, 5.41) is 8.17. The molecule has 2 aromatic rings. The van der Waals surface area contributed by atoms with Crippen molar-refractivity contribution in [3.05, 3.63) is 65.7 Å². The number of thioether (sulfide) groups is 1. The lowest BCUT2D eigenvalue weighted by Gasteiger charge is -2.14. The van der Waals surface area contributed by atoms with Crippen molar-refractivity contribution in [2.75, 3.05) is 17.6 Å². The second-order valence-corrected chi connectivity index (χ2v) is 7.12. The molecule has 5 nitrogen and oxygen atoms in total. The van der Waals surface area contributed by atoms with E-state index in [4.69, 9.17) is 0 Å². The molecule has 0 fully saturated rings. The number of nitrogens with one attached hydrogen (secondary N) is 3. The number of hydrogen-bond donors (Lipinski definition) is 3. The van der Waals surface area contributed by atoms with Gasteiger partial charge in [0.25, 0.3) is 0 Å². The first-order valence-electron chi connectivity index (χ1n) is 8.58. The van der Waals surface area contributed by atoms with Gasteiger partial charge in [0, 0.05) is 23.7 Å². The van der Waals surface area contributed by atoms with Crippen LogP contribution in [0.5, 0.6) is 0 Å². The van der Waals surface area contributed by atoms with Gasteiger partial charge < -0.3 is 16.0 Å². The van der Waals surface area contributed by atoms with Crippen LogP contribution in [0.4, 0.5) is 10.5 Å². The molecule has 0 unspecified atom stereocenters. The maximum absolute atomic E-state index is 12.0. The molecule has 0 saturated heterocycles. The Morgan fingerprint density at radius 3 is 2.42 bits per heavy atom. The van der Waals surface area contributed by atoms with Crippen LogP contribution >= 0.6 is 11.8 Å². The molecule has 138 valence electrons. The Kier molecular flexibility index (Phi) is 8.02. The third-order valence-electron chi connectivity index (χ3n) is 3.71. The highest BCUT2D eigenvalue weighted by Gasteiger charge is 2.14. The molecule has 0 aromatic heterocycles. The number of carbonyl (C=O) groups excluding carboxylic acids is 2. The van der Waals surface area contributed by atoms with Crippen LogP contribution in [0.2, 0.25) is 0 Å². The molecule has 2 rings (SSSR count). The predicted octanol–water partition coefficient (Wildman–Crippen LogP) is 3.55. The second kappa shape index (κ2) is 10.5. The van der Waals surface area contributed by atoms with Crippen molar-refractivity contribution in [2.45, 2.75) is 25.6 Å². The lowest BCUT2D eigenvalue weighted by atomic mass is 10.2. The molecule has 1 atom stereocenters. The average molecular weight is 372 g/mol. The summed E-state index contributed by atoms with van der Waals surface area (Å²) in [6, 6.07) is 16.6. The van der Waals surface area contributed by atoms with Crippen LogP contribution in [0.15, 0.2) is 54.6 Å². The second-order valence-electron chi connectivity index (χ2n) is 6.02. The van der Waals surface area contributed by atoms with Crippen LogP contribution in [-0.2, 0) is 10.5 Å². The van der Waals surface area contributed by atoms with Crippen LogP contribution < -0.4 is 16.0 Å². The molecule has 26 heavy (non-hydrogen) atoms. The molecule has 0 heterocycles. The summed E-state index contributed by atoms with van der Waals surface area (Å²) in [5.41, 5.74) is 3.22. The van der Waals surface area contributed by atoms with Gasteiger partial charge >= 0.3 is 6.03 Å². The summed E-state index contributed by atoms with van der Waals surface area (Å²) < 4.78 is 0. The van der Waals surface area contributed by atoms with E-state index in [1.54, 1.807) is 30.8 Å². The van der Waals surface area contributed by atoms with Crippen molar-refractivity contribution in [1.82, 2.24) is 10.6 Å². The van der Waals surface area contributed by atoms with Gasteiger partial charge in [-0.3, -0.25) is 4.79 Å². The Morgan fingerprint density at radius 1 is 1.04 bits per heavy atom. The highest BCUT2D eigenvalue weighted by Crippen LogP contribution is 2.12. The zero-order valence-electron chi connectivity index (χ0n) is 15.1. The van der Waals surface area contributed by atoms with Crippen LogP contribution in [-0.4, -0.2) is 30.3 Å². The number of para-hydroxylation sites is 1. The summed E-state index contributed by atoms with van der Waals surface area (Å²) in [7, 11) is 0. The number of amides is 3. The smallest absolute Gasteiger partial charge is 0.319 e. The van der Waals surface area contributed by atoms with Gasteiger partial charge in [-0.05, 0) is 31.5 Å². The van der Waals surface area contributed by atoms with Gasteiger partial charge in [0.15, 0.2) is 0 Å². The van der Waals surface area contributed by atoms with E-state index in [0.717, 1.165) is 11.5 Å². The molecule has 0 saturated carbocycles. The molecule has 0 bridgehead atoms. The summed E-state index contributed by atoms with van der Waals surface area (Å²) in [4.78, 5) is 23.9. The zero-order chi connectivity index (χ0) is 18.8. The highest BCUT2D eigenvalue weighted by atomic mass is 32.2. The van der Waals surface area contributed by atoms with Gasteiger partial charge in [-0.1, -0.05) is 48.0 Å². The summed E-state index contributed by atoms with van der Waals surface area (Å²) >= 11 is 1.77. The molecule has 0 spiro atoms. The third kappa shape index (κ3) is 7.19. The first-order valence-corrected chi connectivity index (χ1v) is 9.73. The monoisotopic (exact) mass is 371 g/mol. The fraction of sp³-hybridized carbons (Fsp3) is 0.300. The van der Waals surface area contributed by atoms with E-state index in [1.807, 2.05) is 18.2 Å². The Labute approximate surface area is 159 Å². The molecule has 0 aliphatic carbocycles. The maximum atomic E-state index is 12.0. The van der Waals surface area contributed by atoms with Crippen molar-refractivity contribution < 1.29 is 9.59 Å². The normalized spacial score (nSPS) is 11.5. The van der Waals surface area contributed by atoms with Crippen molar-refractivity contribution in [3.8, 4) is 0 Å². The molecule has 6 heteroatoms. The van der Waals surface area contributed by atoms with Crippen molar-refractivity contribution in [2.24, 2.45) is 0 Å². The van der Waals surface area contributed by atoms with E-state index in [2.05, 4.69) is 47.1 Å². The number of carbonyl (C=O) groups is 2. The molecule has 0 radical (unpaired) electrons. The quantitative estimate of drug-likeness (QED) is 0.622. The minimum absolute atomic E-state index is 0.191. The van der Waals surface area contributed by atoms with Gasteiger partial charge in [-0.15, -0.1) is 0 Å². The zero-order valence-corrected chi connectivity index (χ0v) is 15.9. The third-order valence-corrected chi connectivity index (χ3v) is 4.74. The number of hydrogen-bond acceptors (Lipinski definition) is 3. The van der Waals surface area contributed by atoms with Gasteiger partial charge in [0.2, 0.25) is 5.91 Å². The fourth-order valence-corrected chi connectivity index (χ4v) is 3.04. The average Bonchev–Trinajstić information content (AvgIpc) is 2.63. The lowest BCUT2D eigenvalue weighted by molar-refractivity contribution is -0.122. The number of benzene rings is 2. The van der Waals surface area contributed by atoms with Gasteiger partial charge in [0.05, 0.1) is 0 Å². The molecular weight excluding hydrogens is 346 g/mol. The van der Waals surface area contributed by atoms with E-state index in [-0.39, 0.29) is 5.91 Å². The van der Waals surface area contributed by atoms with E-state index in [9.17, 15) is 9.59 Å². The van der Waals surface area contributed by atoms with E-state index in [0.29, 0.717) is 12.2 Å². The molecule has 3 N–H and O–H groups in total.